The molecule has 2 atom stereocenters. The van der Waals surface area contributed by atoms with E-state index in [1.807, 2.05) is 0 Å². The van der Waals surface area contributed by atoms with Gasteiger partial charge in [-0.2, -0.15) is 4.89 Å². The number of ether oxygens (including phenoxy) is 2. The normalized spacial score (nSPS) is 12.8. The highest BCUT2D eigenvalue weighted by atomic mass is 31.1. The Kier molecular flexibility index (Phi) is 6.51. The minimum absolute atomic E-state index is 0.127. The first kappa shape index (κ1) is 16.5. The lowest BCUT2D eigenvalue weighted by Crippen LogP contribution is -2.10. The Bertz CT molecular complexity index is 493. The molecule has 0 spiro atoms. The molecule has 0 amide bonds. The highest BCUT2D eigenvalue weighted by molar-refractivity contribution is 7.38. The molecule has 1 rings (SSSR count). The van der Waals surface area contributed by atoms with Gasteiger partial charge in [-0.1, -0.05) is 6.07 Å². The van der Waals surface area contributed by atoms with Crippen LogP contribution >= 0.6 is 8.03 Å². The van der Waals surface area contributed by atoms with Crippen molar-refractivity contribution in [1.29, 1.82) is 0 Å². The molecule has 0 aromatic heterocycles. The molecule has 2 unspecified atom stereocenters. The number of hydrogen-bond donors (Lipinski definition) is 1. The second-order valence-corrected chi connectivity index (χ2v) is 5.54. The van der Waals surface area contributed by atoms with Gasteiger partial charge in [0, 0.05) is 26.0 Å². The van der Waals surface area contributed by atoms with Crippen LogP contribution in [0.4, 0.5) is 5.69 Å². The van der Waals surface area contributed by atoms with Crippen molar-refractivity contribution in [2.75, 3.05) is 20.8 Å². The Morgan fingerprint density at radius 3 is 2.65 bits per heavy atom. The molecular weight excluding hydrogens is 285 g/mol. The van der Waals surface area contributed by atoms with Gasteiger partial charge in [-0.05, 0) is 16.2 Å². The second kappa shape index (κ2) is 7.89. The summed E-state index contributed by atoms with van der Waals surface area (Å²) in [4.78, 5) is 19.5. The fraction of sp³-hybridized carbons (Fsp3) is 0.500. The molecule has 7 nitrogen and oxygen atoms in total. The number of rotatable bonds is 8. The lowest BCUT2D eigenvalue weighted by molar-refractivity contribution is -0.385. The van der Waals surface area contributed by atoms with Gasteiger partial charge >= 0.3 is 13.7 Å². The smallest absolute Gasteiger partial charge is 0.490 e. The first-order valence-corrected chi connectivity index (χ1v) is 7.23. The number of hydrogen-bond acceptors (Lipinski definition) is 5. The van der Waals surface area contributed by atoms with Crippen molar-refractivity contribution in [3.63, 3.8) is 0 Å². The molecule has 0 bridgehead atoms. The van der Waals surface area contributed by atoms with Gasteiger partial charge in [-0.15, -0.1) is 0 Å². The predicted molar refractivity (Wildman–Crippen MR) is 73.5 cm³/mol. The zero-order valence-electron chi connectivity index (χ0n) is 11.3. The Labute approximate surface area is 117 Å². The number of methoxy groups -OCH3 is 2. The van der Waals surface area contributed by atoms with Crippen molar-refractivity contribution < 1.29 is 23.9 Å². The molecule has 1 aromatic carbocycles. The van der Waals surface area contributed by atoms with Crippen LogP contribution in [-0.2, 0) is 15.7 Å². The maximum absolute atomic E-state index is 11.3. The van der Waals surface area contributed by atoms with Crippen LogP contribution in [0.5, 0.6) is 5.75 Å². The maximum atomic E-state index is 11.3. The minimum atomic E-state index is -2.34. The van der Waals surface area contributed by atoms with E-state index in [-0.39, 0.29) is 11.4 Å². The van der Waals surface area contributed by atoms with Crippen molar-refractivity contribution in [2.45, 2.75) is 18.5 Å². The molecule has 110 valence electrons. The second-order valence-electron chi connectivity index (χ2n) is 4.21. The summed E-state index contributed by atoms with van der Waals surface area (Å²) in [5.74, 6) is 0.145. The first-order valence-electron chi connectivity index (χ1n) is 5.95. The van der Waals surface area contributed by atoms with E-state index in [1.165, 1.54) is 26.4 Å². The Morgan fingerprint density at radius 1 is 1.45 bits per heavy atom. The van der Waals surface area contributed by atoms with Gasteiger partial charge < -0.3 is 9.47 Å². The molecular formula is C12H17NO6P+. The third kappa shape index (κ3) is 4.52. The van der Waals surface area contributed by atoms with Crippen molar-refractivity contribution in [3.05, 3.63) is 33.9 Å². The Hall–Kier alpha value is -1.56. The predicted octanol–water partition coefficient (Wildman–Crippen LogP) is 2.29. The SMILES string of the molecule is COCCC(Cc1ccc([N+](=O)[O-])c(OC)c1)[P+](=O)O. The molecule has 8 heteroatoms. The summed E-state index contributed by atoms with van der Waals surface area (Å²) in [6.45, 7) is 0.385. The van der Waals surface area contributed by atoms with E-state index in [0.717, 1.165) is 0 Å². The summed E-state index contributed by atoms with van der Waals surface area (Å²) in [6.07, 6.45) is 0.783. The van der Waals surface area contributed by atoms with Crippen LogP contribution in [0, 0.1) is 10.1 Å². The molecule has 0 aliphatic heterocycles. The monoisotopic (exact) mass is 302 g/mol. The van der Waals surface area contributed by atoms with E-state index >= 15 is 0 Å². The van der Waals surface area contributed by atoms with Crippen LogP contribution in [0.25, 0.3) is 0 Å². The standard InChI is InChI=1S/C12H16NO6P/c1-18-6-5-10(20(16)17)7-9-3-4-11(13(14)15)12(8-9)19-2/h3-4,8,10H,5-7H2,1-2H3/p+1. The lowest BCUT2D eigenvalue weighted by atomic mass is 10.1. The van der Waals surface area contributed by atoms with Gasteiger partial charge in [0.2, 0.25) is 0 Å². The number of benzene rings is 1. The molecule has 0 aliphatic rings. The van der Waals surface area contributed by atoms with Crippen molar-refractivity contribution in [3.8, 4) is 5.75 Å². The number of nitrogens with zero attached hydrogens (tertiary/aromatic N) is 1. The van der Waals surface area contributed by atoms with E-state index in [0.29, 0.717) is 25.0 Å². The van der Waals surface area contributed by atoms with Crippen LogP contribution in [0.3, 0.4) is 0 Å². The van der Waals surface area contributed by atoms with E-state index < -0.39 is 18.6 Å². The van der Waals surface area contributed by atoms with Crippen LogP contribution < -0.4 is 4.74 Å². The van der Waals surface area contributed by atoms with E-state index in [4.69, 9.17) is 9.47 Å². The summed E-state index contributed by atoms with van der Waals surface area (Å²) >= 11 is 0. The highest BCUT2D eigenvalue weighted by Gasteiger charge is 2.29. The van der Waals surface area contributed by atoms with Crippen LogP contribution in [0.15, 0.2) is 18.2 Å². The molecule has 0 radical (unpaired) electrons. The zero-order valence-corrected chi connectivity index (χ0v) is 12.2. The van der Waals surface area contributed by atoms with Crippen molar-refractivity contribution in [1.82, 2.24) is 0 Å². The van der Waals surface area contributed by atoms with Gasteiger partial charge in [-0.3, -0.25) is 10.1 Å². The largest absolute Gasteiger partial charge is 0.509 e. The molecule has 1 N–H and O–H groups in total. The summed E-state index contributed by atoms with van der Waals surface area (Å²) in [6, 6.07) is 4.43. The molecule has 1 aromatic rings. The molecule has 20 heavy (non-hydrogen) atoms. The third-order valence-electron chi connectivity index (χ3n) is 2.88. The maximum Gasteiger partial charge on any atom is 0.509 e. The van der Waals surface area contributed by atoms with Gasteiger partial charge in [0.1, 0.15) is 0 Å². The molecule has 0 aliphatic carbocycles. The van der Waals surface area contributed by atoms with Crippen LogP contribution in [-0.4, -0.2) is 36.3 Å². The number of nitro benzene ring substituents is 1. The Morgan fingerprint density at radius 2 is 2.15 bits per heavy atom. The first-order chi connectivity index (χ1) is 9.49. The van der Waals surface area contributed by atoms with Crippen LogP contribution in [0.2, 0.25) is 0 Å². The molecule has 0 fully saturated rings. The summed E-state index contributed by atoms with van der Waals surface area (Å²) in [5, 5.41) is 10.8. The quantitative estimate of drug-likeness (QED) is 0.449. The average Bonchev–Trinajstić information content (AvgIpc) is 2.42. The van der Waals surface area contributed by atoms with Gasteiger partial charge in [0.15, 0.2) is 11.4 Å². The Balaban J connectivity index is 2.90. The zero-order chi connectivity index (χ0) is 15.1. The fourth-order valence-corrected chi connectivity index (χ4v) is 2.51. The molecule has 0 heterocycles. The fourth-order valence-electron chi connectivity index (χ4n) is 1.82. The topological polar surface area (TPSA) is 98.9 Å². The number of nitro groups is 1. The highest BCUT2D eigenvalue weighted by Crippen LogP contribution is 2.32. The molecule has 0 saturated heterocycles. The summed E-state index contributed by atoms with van der Waals surface area (Å²) in [7, 11) is 0.535. The summed E-state index contributed by atoms with van der Waals surface area (Å²) < 4.78 is 21.2. The minimum Gasteiger partial charge on any atom is -0.490 e. The van der Waals surface area contributed by atoms with Crippen molar-refractivity contribution in [2.24, 2.45) is 0 Å². The van der Waals surface area contributed by atoms with Crippen molar-refractivity contribution >= 4 is 13.7 Å². The van der Waals surface area contributed by atoms with E-state index in [2.05, 4.69) is 0 Å². The van der Waals surface area contributed by atoms with Crippen LogP contribution in [0.1, 0.15) is 12.0 Å². The summed E-state index contributed by atoms with van der Waals surface area (Å²) in [5.41, 5.74) is 0.139. The van der Waals surface area contributed by atoms with E-state index in [9.17, 15) is 19.6 Å². The van der Waals surface area contributed by atoms with Gasteiger partial charge in [0.25, 0.3) is 0 Å². The third-order valence-corrected chi connectivity index (χ3v) is 3.95. The van der Waals surface area contributed by atoms with Gasteiger partial charge in [0.05, 0.1) is 18.6 Å². The van der Waals surface area contributed by atoms with E-state index in [1.54, 1.807) is 6.07 Å². The lowest BCUT2D eigenvalue weighted by Gasteiger charge is -2.07. The average molecular weight is 302 g/mol. The molecule has 0 saturated carbocycles. The van der Waals surface area contributed by atoms with Gasteiger partial charge in [-0.25, -0.2) is 0 Å².